The third-order valence-corrected chi connectivity index (χ3v) is 5.00. The van der Waals surface area contributed by atoms with Gasteiger partial charge in [-0.2, -0.15) is 0 Å². The fraction of sp³-hybridized carbons (Fsp3) is 0.133. The van der Waals surface area contributed by atoms with Crippen LogP contribution < -0.4 is 5.11 Å². The lowest BCUT2D eigenvalue weighted by molar-refractivity contribution is -0.305. The third-order valence-electron chi connectivity index (χ3n) is 2.90. The lowest BCUT2D eigenvalue weighted by Gasteiger charge is -2.02. The molecule has 0 fully saturated rings. The Labute approximate surface area is 129 Å². The average molecular weight is 315 g/mol. The maximum absolute atomic E-state index is 10.5. The van der Waals surface area contributed by atoms with Crippen LogP contribution in [0.4, 0.5) is 0 Å². The van der Waals surface area contributed by atoms with Crippen LogP contribution >= 0.6 is 23.1 Å². The molecule has 0 N–H and O–H groups in total. The zero-order valence-electron chi connectivity index (χ0n) is 11.0. The number of aromatic nitrogens is 2. The van der Waals surface area contributed by atoms with Crippen molar-refractivity contribution >= 4 is 39.3 Å². The van der Waals surface area contributed by atoms with Gasteiger partial charge >= 0.3 is 0 Å². The Bertz CT molecular complexity index is 772. The highest BCUT2D eigenvalue weighted by molar-refractivity contribution is 7.99. The first-order chi connectivity index (χ1) is 10.2. The molecule has 0 bridgehead atoms. The first kappa shape index (κ1) is 14.0. The van der Waals surface area contributed by atoms with E-state index in [2.05, 4.69) is 28.2 Å². The Morgan fingerprint density at radius 2 is 2.05 bits per heavy atom. The molecule has 3 aromatic rings. The van der Waals surface area contributed by atoms with Crippen LogP contribution in [0.3, 0.4) is 0 Å². The molecule has 0 aliphatic carbocycles. The van der Waals surface area contributed by atoms with Gasteiger partial charge in [0.2, 0.25) is 0 Å². The van der Waals surface area contributed by atoms with Gasteiger partial charge in [-0.05, 0) is 18.1 Å². The number of thioether (sulfide) groups is 1. The van der Waals surface area contributed by atoms with Crippen LogP contribution in [0, 0.1) is 0 Å². The molecule has 106 valence electrons. The van der Waals surface area contributed by atoms with Gasteiger partial charge in [-0.1, -0.05) is 30.3 Å². The predicted molar refractivity (Wildman–Crippen MR) is 83.2 cm³/mol. The topological polar surface area (TPSA) is 65.9 Å². The standard InChI is InChI=1S/C15H12N2O2S2/c18-13(19)6-7-20-14-11-8-12(10-4-2-1-3-5-10)21-15(11)17-9-16-14/h1-5,8-9H,6-7H2,(H,18,19)/p-1. The number of rotatable bonds is 5. The van der Waals surface area contributed by atoms with Crippen LogP contribution in [0.25, 0.3) is 20.7 Å². The molecule has 0 unspecified atom stereocenters. The number of aliphatic carboxylic acids is 1. The molecule has 0 saturated carbocycles. The highest BCUT2D eigenvalue weighted by Gasteiger charge is 2.10. The molecule has 2 aromatic heterocycles. The third kappa shape index (κ3) is 3.22. The van der Waals surface area contributed by atoms with Crippen molar-refractivity contribution in [2.75, 3.05) is 5.75 Å². The van der Waals surface area contributed by atoms with Gasteiger partial charge < -0.3 is 9.90 Å². The van der Waals surface area contributed by atoms with Crippen LogP contribution in [-0.2, 0) is 4.79 Å². The van der Waals surface area contributed by atoms with Crippen LogP contribution in [-0.4, -0.2) is 21.7 Å². The maximum atomic E-state index is 10.5. The summed E-state index contributed by atoms with van der Waals surface area (Å²) in [5, 5.41) is 12.3. The smallest absolute Gasteiger partial charge is 0.128 e. The number of carbonyl (C=O) groups excluding carboxylic acids is 1. The Kier molecular flexibility index (Phi) is 4.17. The number of thiophene rings is 1. The molecule has 0 saturated heterocycles. The van der Waals surface area contributed by atoms with E-state index >= 15 is 0 Å². The van der Waals surface area contributed by atoms with E-state index in [4.69, 9.17) is 0 Å². The molecule has 2 heterocycles. The highest BCUT2D eigenvalue weighted by Crippen LogP contribution is 2.36. The van der Waals surface area contributed by atoms with Crippen molar-refractivity contribution in [3.63, 3.8) is 0 Å². The van der Waals surface area contributed by atoms with E-state index in [-0.39, 0.29) is 6.42 Å². The van der Waals surface area contributed by atoms with E-state index < -0.39 is 5.97 Å². The first-order valence-corrected chi connectivity index (χ1v) is 8.17. The molecule has 6 heteroatoms. The van der Waals surface area contributed by atoms with Crippen molar-refractivity contribution in [3.05, 3.63) is 42.7 Å². The largest absolute Gasteiger partial charge is 0.550 e. The van der Waals surface area contributed by atoms with Crippen molar-refractivity contribution in [2.24, 2.45) is 0 Å². The van der Waals surface area contributed by atoms with E-state index in [1.807, 2.05) is 18.2 Å². The fourth-order valence-corrected chi connectivity index (χ4v) is 3.89. The molecule has 1 aromatic carbocycles. The summed E-state index contributed by atoms with van der Waals surface area (Å²) in [6.07, 6.45) is 1.54. The van der Waals surface area contributed by atoms with Gasteiger partial charge in [0.15, 0.2) is 0 Å². The second kappa shape index (κ2) is 6.24. The SMILES string of the molecule is O=C([O-])CCSc1ncnc2sc(-c3ccccc3)cc12. The number of fused-ring (bicyclic) bond motifs is 1. The Morgan fingerprint density at radius 3 is 2.81 bits per heavy atom. The number of carboxylic acids is 1. The van der Waals surface area contributed by atoms with E-state index in [0.717, 1.165) is 25.7 Å². The Morgan fingerprint density at radius 1 is 1.24 bits per heavy atom. The van der Waals surface area contributed by atoms with E-state index in [1.165, 1.54) is 18.1 Å². The molecule has 3 rings (SSSR count). The van der Waals surface area contributed by atoms with E-state index in [1.54, 1.807) is 11.3 Å². The fourth-order valence-electron chi connectivity index (χ4n) is 1.92. The quantitative estimate of drug-likeness (QED) is 0.535. The zero-order valence-corrected chi connectivity index (χ0v) is 12.6. The molecular weight excluding hydrogens is 304 g/mol. The monoisotopic (exact) mass is 315 g/mol. The van der Waals surface area contributed by atoms with Gasteiger partial charge in [0, 0.05) is 22.0 Å². The zero-order chi connectivity index (χ0) is 14.7. The number of hydrogen-bond donors (Lipinski definition) is 0. The van der Waals surface area contributed by atoms with Gasteiger partial charge in [-0.15, -0.1) is 23.1 Å². The average Bonchev–Trinajstić information content (AvgIpc) is 2.93. The van der Waals surface area contributed by atoms with Gasteiger partial charge in [0.25, 0.3) is 0 Å². The summed E-state index contributed by atoms with van der Waals surface area (Å²) < 4.78 is 0. The number of benzene rings is 1. The van der Waals surface area contributed by atoms with E-state index in [0.29, 0.717) is 5.75 Å². The van der Waals surface area contributed by atoms with Crippen LogP contribution in [0.5, 0.6) is 0 Å². The number of carboxylic acid groups (broad SMARTS) is 1. The van der Waals surface area contributed by atoms with Crippen molar-refractivity contribution in [1.82, 2.24) is 9.97 Å². The van der Waals surface area contributed by atoms with E-state index in [9.17, 15) is 9.90 Å². The lowest BCUT2D eigenvalue weighted by Crippen LogP contribution is -2.22. The summed E-state index contributed by atoms with van der Waals surface area (Å²) in [6.45, 7) is 0. The second-order valence-electron chi connectivity index (χ2n) is 4.34. The molecular formula is C15H11N2O2S2-. The van der Waals surface area contributed by atoms with Crippen LogP contribution in [0.1, 0.15) is 6.42 Å². The van der Waals surface area contributed by atoms with Crippen LogP contribution in [0.2, 0.25) is 0 Å². The van der Waals surface area contributed by atoms with Crippen LogP contribution in [0.15, 0.2) is 47.8 Å². The minimum absolute atomic E-state index is 0.0197. The van der Waals surface area contributed by atoms with Gasteiger partial charge in [0.1, 0.15) is 16.2 Å². The molecule has 0 amide bonds. The summed E-state index contributed by atoms with van der Waals surface area (Å²) in [7, 11) is 0. The van der Waals surface area contributed by atoms with Gasteiger partial charge in [-0.3, -0.25) is 0 Å². The van der Waals surface area contributed by atoms with Crippen molar-refractivity contribution < 1.29 is 9.90 Å². The second-order valence-corrected chi connectivity index (χ2v) is 6.46. The van der Waals surface area contributed by atoms with Crippen molar-refractivity contribution in [1.29, 1.82) is 0 Å². The number of carbonyl (C=O) groups is 1. The Balaban J connectivity index is 1.92. The number of hydrogen-bond acceptors (Lipinski definition) is 6. The summed E-state index contributed by atoms with van der Waals surface area (Å²) in [5.41, 5.74) is 1.14. The number of nitrogens with zero attached hydrogens (tertiary/aromatic N) is 2. The van der Waals surface area contributed by atoms with Gasteiger partial charge in [-0.25, -0.2) is 9.97 Å². The molecule has 0 spiro atoms. The molecule has 4 nitrogen and oxygen atoms in total. The lowest BCUT2D eigenvalue weighted by atomic mass is 10.2. The summed E-state index contributed by atoms with van der Waals surface area (Å²) >= 11 is 3.03. The molecule has 0 atom stereocenters. The summed E-state index contributed by atoms with van der Waals surface area (Å²) in [5.74, 6) is -0.589. The first-order valence-electron chi connectivity index (χ1n) is 6.36. The maximum Gasteiger partial charge on any atom is 0.128 e. The predicted octanol–water partition coefficient (Wildman–Crippen LogP) is 2.59. The van der Waals surface area contributed by atoms with Crippen molar-refractivity contribution in [2.45, 2.75) is 11.4 Å². The summed E-state index contributed by atoms with van der Waals surface area (Å²) in [6, 6.07) is 12.2. The molecule has 21 heavy (non-hydrogen) atoms. The highest BCUT2D eigenvalue weighted by atomic mass is 32.2. The molecule has 0 aliphatic rings. The molecule has 0 aliphatic heterocycles. The normalized spacial score (nSPS) is 10.9. The summed E-state index contributed by atoms with van der Waals surface area (Å²) in [4.78, 5) is 21.1. The van der Waals surface area contributed by atoms with Gasteiger partial charge in [0.05, 0.1) is 0 Å². The minimum Gasteiger partial charge on any atom is -0.550 e. The molecule has 0 radical (unpaired) electrons. The van der Waals surface area contributed by atoms with Crippen molar-refractivity contribution in [3.8, 4) is 10.4 Å². The Hall–Kier alpha value is -1.92. The minimum atomic E-state index is -1.04.